The second-order valence-corrected chi connectivity index (χ2v) is 9.66. The molecule has 1 aliphatic heterocycles. The number of benzene rings is 2. The molecule has 2 aliphatic rings. The van der Waals surface area contributed by atoms with Crippen molar-refractivity contribution in [1.82, 2.24) is 19.9 Å². The number of aromatic nitrogens is 3. The molecule has 37 heavy (non-hydrogen) atoms. The van der Waals surface area contributed by atoms with E-state index < -0.39 is 0 Å². The van der Waals surface area contributed by atoms with E-state index in [1.807, 2.05) is 36.4 Å². The minimum atomic E-state index is -0.378. The molecule has 0 atom stereocenters. The molecular formula is C27H24ClN7O2. The number of nitrogens with zero attached hydrogens (tertiary/aromatic N) is 3. The first-order valence-corrected chi connectivity index (χ1v) is 12.4. The quantitative estimate of drug-likeness (QED) is 0.199. The normalized spacial score (nSPS) is 16.3. The van der Waals surface area contributed by atoms with Crippen LogP contribution in [0.4, 0.5) is 22.9 Å². The lowest BCUT2D eigenvalue weighted by Crippen LogP contribution is -2.19. The summed E-state index contributed by atoms with van der Waals surface area (Å²) < 4.78 is 1.64. The first kappa shape index (κ1) is 23.1. The minimum Gasteiger partial charge on any atom is -0.382 e. The van der Waals surface area contributed by atoms with Crippen molar-refractivity contribution in [2.24, 2.45) is 0 Å². The highest BCUT2D eigenvalue weighted by Gasteiger charge is 2.24. The van der Waals surface area contributed by atoms with Gasteiger partial charge in [0.15, 0.2) is 5.65 Å². The van der Waals surface area contributed by atoms with E-state index in [9.17, 15) is 9.59 Å². The summed E-state index contributed by atoms with van der Waals surface area (Å²) in [6.07, 6.45) is 7.50. The van der Waals surface area contributed by atoms with Crippen molar-refractivity contribution in [1.29, 1.82) is 0 Å². The van der Waals surface area contributed by atoms with Crippen LogP contribution in [0.15, 0.2) is 66.5 Å². The van der Waals surface area contributed by atoms with E-state index >= 15 is 0 Å². The third-order valence-corrected chi connectivity index (χ3v) is 6.44. The first-order chi connectivity index (χ1) is 18.0. The molecule has 1 saturated heterocycles. The van der Waals surface area contributed by atoms with Crippen LogP contribution in [0.3, 0.4) is 0 Å². The van der Waals surface area contributed by atoms with Crippen molar-refractivity contribution < 1.29 is 9.59 Å². The highest BCUT2D eigenvalue weighted by molar-refractivity contribution is 6.30. The maximum Gasteiger partial charge on any atom is 0.254 e. The predicted octanol–water partition coefficient (Wildman–Crippen LogP) is 4.74. The molecule has 0 spiro atoms. The van der Waals surface area contributed by atoms with Gasteiger partial charge in [0.05, 0.1) is 12.6 Å². The smallest absolute Gasteiger partial charge is 0.254 e. The number of amides is 2. The lowest BCUT2D eigenvalue weighted by Gasteiger charge is -2.14. The second kappa shape index (κ2) is 9.59. The molecule has 4 aromatic rings. The first-order valence-electron chi connectivity index (χ1n) is 12.0. The lowest BCUT2D eigenvalue weighted by atomic mass is 10.1. The molecule has 0 unspecified atom stereocenters. The van der Waals surface area contributed by atoms with Gasteiger partial charge in [-0.25, -0.2) is 9.50 Å². The monoisotopic (exact) mass is 513 g/mol. The van der Waals surface area contributed by atoms with E-state index in [0.29, 0.717) is 40.2 Å². The SMILES string of the molecule is O=C1C/C(=C/c2cnn3ccc(Nc4cc(NCc5ccc(Cl)cc5)cc(NC5CC5)c4)nc23)C(=O)N1. The molecule has 186 valence electrons. The number of anilines is 4. The summed E-state index contributed by atoms with van der Waals surface area (Å²) in [6.45, 7) is 0.664. The number of rotatable bonds is 8. The van der Waals surface area contributed by atoms with Crippen molar-refractivity contribution in [3.05, 3.63) is 82.6 Å². The van der Waals surface area contributed by atoms with Crippen LogP contribution in [-0.2, 0) is 16.1 Å². The highest BCUT2D eigenvalue weighted by atomic mass is 35.5. The number of fused-ring (bicyclic) bond motifs is 1. The van der Waals surface area contributed by atoms with Crippen LogP contribution in [0.5, 0.6) is 0 Å². The molecular weight excluding hydrogens is 490 g/mol. The fraction of sp³-hybridized carbons (Fsp3) is 0.185. The number of carbonyl (C=O) groups is 2. The zero-order valence-electron chi connectivity index (χ0n) is 19.8. The number of halogens is 1. The van der Waals surface area contributed by atoms with Gasteiger partial charge in [0.25, 0.3) is 5.91 Å². The Kier molecular flexibility index (Phi) is 5.97. The van der Waals surface area contributed by atoms with Gasteiger partial charge in [0.2, 0.25) is 5.91 Å². The van der Waals surface area contributed by atoms with Crippen LogP contribution in [0.25, 0.3) is 11.7 Å². The van der Waals surface area contributed by atoms with Crippen molar-refractivity contribution in [2.75, 3.05) is 16.0 Å². The Labute approximate surface area is 217 Å². The molecule has 2 amide bonds. The number of imide groups is 1. The van der Waals surface area contributed by atoms with Gasteiger partial charge in [-0.2, -0.15) is 5.10 Å². The zero-order valence-corrected chi connectivity index (χ0v) is 20.5. The molecule has 6 rings (SSSR count). The standard InChI is InChI=1S/C27H24ClN7O2/c28-19-3-1-16(2-4-19)14-29-21-11-22(31-20-5-6-20)13-23(12-21)32-24-7-8-35-26(33-24)18(15-30-35)9-17-10-25(36)34-27(17)37/h1-4,7-9,11-13,15,20,29,31H,5-6,10,14H2,(H,32,33)(H,34,36,37)/b17-9-. The van der Waals surface area contributed by atoms with Gasteiger partial charge >= 0.3 is 0 Å². The predicted molar refractivity (Wildman–Crippen MR) is 144 cm³/mol. The van der Waals surface area contributed by atoms with Crippen LogP contribution in [0.1, 0.15) is 30.4 Å². The molecule has 1 aliphatic carbocycles. The van der Waals surface area contributed by atoms with Gasteiger partial charge in [0.1, 0.15) is 5.82 Å². The topological polar surface area (TPSA) is 112 Å². The van der Waals surface area contributed by atoms with Crippen LogP contribution in [0.2, 0.25) is 5.02 Å². The van der Waals surface area contributed by atoms with E-state index in [4.69, 9.17) is 16.6 Å². The third-order valence-electron chi connectivity index (χ3n) is 6.19. The highest BCUT2D eigenvalue weighted by Crippen LogP contribution is 2.30. The Bertz CT molecular complexity index is 1540. The summed E-state index contributed by atoms with van der Waals surface area (Å²) in [7, 11) is 0. The van der Waals surface area contributed by atoms with Crippen molar-refractivity contribution in [2.45, 2.75) is 31.8 Å². The second-order valence-electron chi connectivity index (χ2n) is 9.23. The van der Waals surface area contributed by atoms with Gasteiger partial charge in [-0.05, 0) is 60.9 Å². The molecule has 3 heterocycles. The largest absolute Gasteiger partial charge is 0.382 e. The Hall–Kier alpha value is -4.37. The number of nitrogens with one attached hydrogen (secondary N) is 4. The molecule has 4 N–H and O–H groups in total. The fourth-order valence-corrected chi connectivity index (χ4v) is 4.30. The molecule has 2 aromatic heterocycles. The van der Waals surface area contributed by atoms with Gasteiger partial charge in [-0.1, -0.05) is 23.7 Å². The van der Waals surface area contributed by atoms with E-state index in [1.54, 1.807) is 23.0 Å². The van der Waals surface area contributed by atoms with Gasteiger partial charge in [-0.3, -0.25) is 14.9 Å². The average Bonchev–Trinajstić information content (AvgIpc) is 3.52. The summed E-state index contributed by atoms with van der Waals surface area (Å²) in [5.41, 5.74) is 5.65. The Morgan fingerprint density at radius 3 is 2.59 bits per heavy atom. The molecule has 0 bridgehead atoms. The lowest BCUT2D eigenvalue weighted by molar-refractivity contribution is -0.124. The maximum absolute atomic E-state index is 12.0. The van der Waals surface area contributed by atoms with Crippen LogP contribution >= 0.6 is 11.6 Å². The van der Waals surface area contributed by atoms with Gasteiger partial charge in [-0.15, -0.1) is 0 Å². The van der Waals surface area contributed by atoms with Crippen LogP contribution in [-0.4, -0.2) is 32.5 Å². The molecule has 10 heteroatoms. The number of hydrogen-bond acceptors (Lipinski definition) is 7. The van der Waals surface area contributed by atoms with Crippen molar-refractivity contribution >= 4 is 58.0 Å². The number of hydrogen-bond donors (Lipinski definition) is 4. The van der Waals surface area contributed by atoms with Crippen LogP contribution < -0.4 is 21.3 Å². The summed E-state index contributed by atoms with van der Waals surface area (Å²) >= 11 is 6.01. The number of carbonyl (C=O) groups excluding carboxylic acids is 2. The van der Waals surface area contributed by atoms with Crippen molar-refractivity contribution in [3.8, 4) is 0 Å². The van der Waals surface area contributed by atoms with E-state index in [0.717, 1.165) is 22.6 Å². The molecule has 2 aromatic carbocycles. The molecule has 0 radical (unpaired) electrons. The van der Waals surface area contributed by atoms with E-state index in [1.165, 1.54) is 12.8 Å². The summed E-state index contributed by atoms with van der Waals surface area (Å²) in [5.74, 6) is -0.0488. The summed E-state index contributed by atoms with van der Waals surface area (Å²) in [5, 5.41) is 17.8. The van der Waals surface area contributed by atoms with Gasteiger partial charge < -0.3 is 16.0 Å². The minimum absolute atomic E-state index is 0.0562. The van der Waals surface area contributed by atoms with E-state index in [-0.39, 0.29) is 18.2 Å². The third kappa shape index (κ3) is 5.41. The summed E-state index contributed by atoms with van der Waals surface area (Å²) in [6, 6.07) is 16.3. The van der Waals surface area contributed by atoms with Gasteiger partial charge in [0, 0.05) is 52.0 Å². The molecule has 1 saturated carbocycles. The Morgan fingerprint density at radius 2 is 1.84 bits per heavy atom. The van der Waals surface area contributed by atoms with E-state index in [2.05, 4.69) is 38.5 Å². The maximum atomic E-state index is 12.0. The average molecular weight is 514 g/mol. The Balaban J connectivity index is 1.25. The van der Waals surface area contributed by atoms with Crippen molar-refractivity contribution in [3.63, 3.8) is 0 Å². The zero-order chi connectivity index (χ0) is 25.4. The fourth-order valence-electron chi connectivity index (χ4n) is 4.17. The van der Waals surface area contributed by atoms with Crippen LogP contribution in [0, 0.1) is 0 Å². The Morgan fingerprint density at radius 1 is 1.05 bits per heavy atom. The summed E-state index contributed by atoms with van der Waals surface area (Å²) in [4.78, 5) is 28.3. The molecule has 2 fully saturated rings. The molecule has 9 nitrogen and oxygen atoms in total.